The van der Waals surface area contributed by atoms with Gasteiger partial charge in [0.1, 0.15) is 0 Å². The normalized spacial score (nSPS) is 10.3. The van der Waals surface area contributed by atoms with E-state index in [0.29, 0.717) is 10.6 Å². The van der Waals surface area contributed by atoms with Gasteiger partial charge in [-0.15, -0.1) is 23.5 Å². The highest BCUT2D eigenvalue weighted by molar-refractivity contribution is 8.00. The average Bonchev–Trinajstić information content (AvgIpc) is 2.60. The van der Waals surface area contributed by atoms with Crippen LogP contribution in [0.3, 0.4) is 0 Å². The largest absolute Gasteiger partial charge is 0.366 e. The minimum Gasteiger partial charge on any atom is -0.366 e. The highest BCUT2D eigenvalue weighted by atomic mass is 32.2. The summed E-state index contributed by atoms with van der Waals surface area (Å²) in [6, 6.07) is 11.3. The van der Waals surface area contributed by atoms with Crippen molar-refractivity contribution in [3.8, 4) is 0 Å². The molecule has 2 amide bonds. The number of hydrogen-bond acceptors (Lipinski definition) is 6. The summed E-state index contributed by atoms with van der Waals surface area (Å²) in [5.74, 6) is -1.03. The van der Waals surface area contributed by atoms with Crippen molar-refractivity contribution in [2.75, 3.05) is 17.3 Å². The van der Waals surface area contributed by atoms with E-state index in [1.165, 1.54) is 12.1 Å². The Hall–Kier alpha value is -2.52. The molecule has 0 atom stereocenters. The number of hydrogen-bond donors (Lipinski definition) is 2. The number of rotatable bonds is 7. The molecule has 0 unspecified atom stereocenters. The molecule has 0 aliphatic carbocycles. The maximum Gasteiger partial charge on any atom is 0.283 e. The summed E-state index contributed by atoms with van der Waals surface area (Å²) in [6.45, 7) is 0. The standard InChI is InChI=1S/C16H15N3O4S2/c1-24-12-5-3-11(4-6-12)18-15(20)9-25-14-7-2-10(16(17)21)8-13(14)19(22)23/h2-8H,9H2,1H3,(H2,17,21)(H,18,20). The number of carbonyl (C=O) groups excluding carboxylic acids is 2. The summed E-state index contributed by atoms with van der Waals surface area (Å²) in [4.78, 5) is 35.0. The number of anilines is 1. The Labute approximate surface area is 152 Å². The number of nitrogens with zero attached hydrogens (tertiary/aromatic N) is 1. The molecule has 9 heteroatoms. The molecular formula is C16H15N3O4S2. The lowest BCUT2D eigenvalue weighted by Gasteiger charge is -2.07. The zero-order chi connectivity index (χ0) is 18.4. The minimum absolute atomic E-state index is 0.00103. The zero-order valence-corrected chi connectivity index (χ0v) is 14.9. The van der Waals surface area contributed by atoms with E-state index in [-0.39, 0.29) is 22.9 Å². The van der Waals surface area contributed by atoms with Crippen molar-refractivity contribution >= 4 is 46.7 Å². The van der Waals surface area contributed by atoms with Crippen LogP contribution in [0.25, 0.3) is 0 Å². The zero-order valence-electron chi connectivity index (χ0n) is 13.2. The molecule has 0 saturated heterocycles. The second-order valence-corrected chi connectivity index (χ2v) is 6.77. The van der Waals surface area contributed by atoms with Crippen molar-refractivity contribution < 1.29 is 14.5 Å². The van der Waals surface area contributed by atoms with Crippen molar-refractivity contribution in [3.05, 3.63) is 58.1 Å². The van der Waals surface area contributed by atoms with Crippen LogP contribution in [0.2, 0.25) is 0 Å². The van der Waals surface area contributed by atoms with Crippen molar-refractivity contribution in [2.45, 2.75) is 9.79 Å². The molecule has 0 radical (unpaired) electrons. The van der Waals surface area contributed by atoms with E-state index in [2.05, 4.69) is 5.32 Å². The molecule has 0 aromatic heterocycles. The third-order valence-corrected chi connectivity index (χ3v) is 4.98. The van der Waals surface area contributed by atoms with E-state index in [1.807, 2.05) is 18.4 Å². The molecule has 0 heterocycles. The number of benzene rings is 2. The number of amides is 2. The summed E-state index contributed by atoms with van der Waals surface area (Å²) in [6.07, 6.45) is 1.96. The van der Waals surface area contributed by atoms with Gasteiger partial charge in [0.05, 0.1) is 15.6 Å². The van der Waals surface area contributed by atoms with Crippen molar-refractivity contribution in [2.24, 2.45) is 5.73 Å². The predicted molar refractivity (Wildman–Crippen MR) is 99.2 cm³/mol. The van der Waals surface area contributed by atoms with Gasteiger partial charge in [0.2, 0.25) is 11.8 Å². The van der Waals surface area contributed by atoms with E-state index >= 15 is 0 Å². The molecule has 0 aliphatic rings. The molecule has 2 rings (SSSR count). The first-order chi connectivity index (χ1) is 11.9. The number of nitrogens with one attached hydrogen (secondary N) is 1. The van der Waals surface area contributed by atoms with Crippen LogP contribution in [0.4, 0.5) is 11.4 Å². The average molecular weight is 377 g/mol. The van der Waals surface area contributed by atoms with E-state index in [4.69, 9.17) is 5.73 Å². The third-order valence-electron chi connectivity index (χ3n) is 3.17. The van der Waals surface area contributed by atoms with E-state index in [9.17, 15) is 19.7 Å². The highest BCUT2D eigenvalue weighted by Crippen LogP contribution is 2.30. The number of nitro groups is 1. The van der Waals surface area contributed by atoms with Gasteiger partial charge in [-0.3, -0.25) is 19.7 Å². The molecule has 0 spiro atoms. The Bertz CT molecular complexity index is 810. The maximum atomic E-state index is 12.0. The van der Waals surface area contributed by atoms with Crippen LogP contribution in [-0.4, -0.2) is 28.7 Å². The number of nitrogens with two attached hydrogens (primary N) is 1. The number of carbonyl (C=O) groups is 2. The van der Waals surface area contributed by atoms with Crippen LogP contribution in [0.1, 0.15) is 10.4 Å². The molecule has 130 valence electrons. The monoisotopic (exact) mass is 377 g/mol. The van der Waals surface area contributed by atoms with Gasteiger partial charge >= 0.3 is 0 Å². The number of thioether (sulfide) groups is 2. The van der Waals surface area contributed by atoms with Gasteiger partial charge in [-0.25, -0.2) is 0 Å². The second kappa shape index (κ2) is 8.54. The Balaban J connectivity index is 2.03. The summed E-state index contributed by atoms with van der Waals surface area (Å²) in [5, 5.41) is 13.9. The Morgan fingerprint density at radius 2 is 1.88 bits per heavy atom. The van der Waals surface area contributed by atoms with Gasteiger partial charge < -0.3 is 11.1 Å². The Morgan fingerprint density at radius 3 is 2.44 bits per heavy atom. The Kier molecular flexibility index (Phi) is 6.43. The van der Waals surface area contributed by atoms with Crippen LogP contribution in [0.5, 0.6) is 0 Å². The van der Waals surface area contributed by atoms with Crippen molar-refractivity contribution in [1.82, 2.24) is 0 Å². The molecule has 0 bridgehead atoms. The van der Waals surface area contributed by atoms with Gasteiger partial charge in [-0.1, -0.05) is 0 Å². The van der Waals surface area contributed by atoms with Gasteiger partial charge in [0.15, 0.2) is 0 Å². The molecule has 7 nitrogen and oxygen atoms in total. The minimum atomic E-state index is -0.744. The maximum absolute atomic E-state index is 12.0. The number of nitro benzene ring substituents is 1. The summed E-state index contributed by atoms with van der Waals surface area (Å²) < 4.78 is 0. The van der Waals surface area contributed by atoms with Gasteiger partial charge in [0.25, 0.3) is 5.69 Å². The lowest BCUT2D eigenvalue weighted by Crippen LogP contribution is -2.14. The second-order valence-electron chi connectivity index (χ2n) is 4.87. The van der Waals surface area contributed by atoms with Crippen LogP contribution in [0, 0.1) is 10.1 Å². The molecule has 0 saturated carbocycles. The molecule has 2 aromatic rings. The summed E-state index contributed by atoms with van der Waals surface area (Å²) >= 11 is 2.62. The fraction of sp³-hybridized carbons (Fsp3) is 0.125. The quantitative estimate of drug-likeness (QED) is 0.435. The van der Waals surface area contributed by atoms with E-state index in [0.717, 1.165) is 22.7 Å². The molecular weight excluding hydrogens is 362 g/mol. The van der Waals surface area contributed by atoms with Crippen LogP contribution in [-0.2, 0) is 4.79 Å². The molecule has 2 aromatic carbocycles. The third kappa shape index (κ3) is 5.23. The van der Waals surface area contributed by atoms with E-state index < -0.39 is 10.8 Å². The first-order valence-electron chi connectivity index (χ1n) is 7.05. The van der Waals surface area contributed by atoms with E-state index in [1.54, 1.807) is 23.9 Å². The van der Waals surface area contributed by atoms with Crippen molar-refractivity contribution in [3.63, 3.8) is 0 Å². The first-order valence-corrected chi connectivity index (χ1v) is 9.26. The van der Waals surface area contributed by atoms with Crippen LogP contribution >= 0.6 is 23.5 Å². The van der Waals surface area contributed by atoms with Crippen LogP contribution in [0.15, 0.2) is 52.3 Å². The fourth-order valence-corrected chi connectivity index (χ4v) is 3.16. The molecule has 0 fully saturated rings. The van der Waals surface area contributed by atoms with Crippen molar-refractivity contribution in [1.29, 1.82) is 0 Å². The smallest absolute Gasteiger partial charge is 0.283 e. The van der Waals surface area contributed by atoms with Gasteiger partial charge in [0, 0.05) is 22.2 Å². The molecule has 3 N–H and O–H groups in total. The predicted octanol–water partition coefficient (Wildman–Crippen LogP) is 3.15. The Morgan fingerprint density at radius 1 is 1.20 bits per heavy atom. The summed E-state index contributed by atoms with van der Waals surface area (Å²) in [7, 11) is 0. The molecule has 0 aliphatic heterocycles. The first kappa shape index (κ1) is 18.8. The highest BCUT2D eigenvalue weighted by Gasteiger charge is 2.18. The van der Waals surface area contributed by atoms with Crippen LogP contribution < -0.4 is 11.1 Å². The molecule has 25 heavy (non-hydrogen) atoms. The van der Waals surface area contributed by atoms with Gasteiger partial charge in [-0.2, -0.15) is 0 Å². The lowest BCUT2D eigenvalue weighted by atomic mass is 10.2. The van der Waals surface area contributed by atoms with Gasteiger partial charge in [-0.05, 0) is 42.7 Å². The number of primary amides is 1. The lowest BCUT2D eigenvalue weighted by molar-refractivity contribution is -0.387. The fourth-order valence-electron chi connectivity index (χ4n) is 1.95. The summed E-state index contributed by atoms with van der Waals surface area (Å²) in [5.41, 5.74) is 5.58. The SMILES string of the molecule is CSc1ccc(NC(=O)CSc2ccc(C(N)=O)cc2[N+](=O)[O-])cc1. The topological polar surface area (TPSA) is 115 Å².